The van der Waals surface area contributed by atoms with Crippen molar-refractivity contribution >= 4 is 75.1 Å². The Morgan fingerprint density at radius 2 is 1.63 bits per heavy atom. The molecule has 0 aliphatic carbocycles. The first kappa shape index (κ1) is 16.2. The van der Waals surface area contributed by atoms with Gasteiger partial charge in [0.2, 0.25) is 0 Å². The van der Waals surface area contributed by atoms with Crippen LogP contribution in [-0.2, 0) is 11.8 Å². The van der Waals surface area contributed by atoms with Gasteiger partial charge in [0.15, 0.2) is 0 Å². The van der Waals surface area contributed by atoms with Gasteiger partial charge in [0.05, 0.1) is 3.79 Å². The van der Waals surface area contributed by atoms with Gasteiger partial charge in [-0.1, -0.05) is 66.0 Å². The molecular formula is C14H12Br4S. The summed E-state index contributed by atoms with van der Waals surface area (Å²) in [6, 6.07) is 12.8. The summed E-state index contributed by atoms with van der Waals surface area (Å²) in [5.74, 6) is 0. The van der Waals surface area contributed by atoms with Crippen molar-refractivity contribution in [2.45, 2.75) is 11.8 Å². The molecule has 2 rings (SSSR count). The fourth-order valence-corrected chi connectivity index (χ4v) is 6.30. The van der Waals surface area contributed by atoms with Crippen molar-refractivity contribution in [1.82, 2.24) is 0 Å². The second-order valence-electron chi connectivity index (χ2n) is 4.41. The maximum absolute atomic E-state index is 3.71. The highest BCUT2D eigenvalue weighted by Gasteiger charge is 2.32. The third-order valence-electron chi connectivity index (χ3n) is 3.10. The summed E-state index contributed by atoms with van der Waals surface area (Å²) in [6.07, 6.45) is 1.02. The molecule has 0 saturated heterocycles. The quantitative estimate of drug-likeness (QED) is 0.384. The Balaban J connectivity index is 2.40. The van der Waals surface area contributed by atoms with Crippen molar-refractivity contribution in [1.29, 1.82) is 0 Å². The van der Waals surface area contributed by atoms with E-state index < -0.39 is 0 Å². The molecule has 1 aromatic heterocycles. The molecule has 0 atom stereocenters. The van der Waals surface area contributed by atoms with Crippen LogP contribution in [0, 0.1) is 0 Å². The molecule has 1 aromatic carbocycles. The molecule has 0 aliphatic heterocycles. The van der Waals surface area contributed by atoms with Crippen LogP contribution < -0.4 is 0 Å². The molecule has 0 unspecified atom stereocenters. The van der Waals surface area contributed by atoms with Crippen LogP contribution >= 0.6 is 75.1 Å². The summed E-state index contributed by atoms with van der Waals surface area (Å²) in [4.78, 5) is 1.39. The molecule has 0 spiro atoms. The van der Waals surface area contributed by atoms with Crippen molar-refractivity contribution in [3.05, 3.63) is 55.1 Å². The van der Waals surface area contributed by atoms with Gasteiger partial charge in [0, 0.05) is 25.4 Å². The van der Waals surface area contributed by atoms with Gasteiger partial charge in [0.1, 0.15) is 0 Å². The van der Waals surface area contributed by atoms with Crippen molar-refractivity contribution < 1.29 is 0 Å². The number of alkyl halides is 2. The number of rotatable bonds is 5. The van der Waals surface area contributed by atoms with Crippen LogP contribution in [0.4, 0.5) is 0 Å². The van der Waals surface area contributed by atoms with E-state index in [4.69, 9.17) is 0 Å². The SMILES string of the molecule is BrCC(CBr)(Cc1ccc(Br)s1)c1ccccc1Br. The lowest BCUT2D eigenvalue weighted by atomic mass is 9.81. The maximum atomic E-state index is 3.71. The molecule has 102 valence electrons. The Hall–Kier alpha value is 0.840. The number of thiophene rings is 1. The molecular weight excluding hydrogens is 520 g/mol. The fourth-order valence-electron chi connectivity index (χ4n) is 2.04. The molecule has 1 heterocycles. The van der Waals surface area contributed by atoms with Crippen molar-refractivity contribution in [3.63, 3.8) is 0 Å². The van der Waals surface area contributed by atoms with Crippen LogP contribution in [-0.4, -0.2) is 10.7 Å². The molecule has 0 radical (unpaired) electrons. The molecule has 19 heavy (non-hydrogen) atoms. The summed E-state index contributed by atoms with van der Waals surface area (Å²) in [5.41, 5.74) is 1.40. The third-order valence-corrected chi connectivity index (χ3v) is 7.56. The Morgan fingerprint density at radius 3 is 2.16 bits per heavy atom. The standard InChI is InChI=1S/C14H12Br4S/c15-8-14(9-16,7-10-5-6-13(18)19-10)11-3-1-2-4-12(11)17/h1-6H,7-9H2. The minimum Gasteiger partial charge on any atom is -0.133 e. The van der Waals surface area contributed by atoms with E-state index in [1.54, 1.807) is 11.3 Å². The predicted molar refractivity (Wildman–Crippen MR) is 99.1 cm³/mol. The normalized spacial score (nSPS) is 11.8. The molecule has 0 aliphatic rings. The second kappa shape index (κ2) is 7.21. The van der Waals surface area contributed by atoms with Crippen molar-refractivity contribution in [3.8, 4) is 0 Å². The lowest BCUT2D eigenvalue weighted by Gasteiger charge is -2.31. The van der Waals surface area contributed by atoms with Crippen LogP contribution in [0.2, 0.25) is 0 Å². The average Bonchev–Trinajstić information content (AvgIpc) is 2.82. The molecule has 0 saturated carbocycles. The second-order valence-corrected chi connectivity index (χ2v) is 8.93. The predicted octanol–water partition coefficient (Wildman–Crippen LogP) is 6.54. The number of halogens is 4. The van der Waals surface area contributed by atoms with E-state index in [0.29, 0.717) is 0 Å². The van der Waals surface area contributed by atoms with Crippen LogP contribution in [0.15, 0.2) is 44.7 Å². The number of benzene rings is 1. The van der Waals surface area contributed by atoms with E-state index in [1.807, 2.05) is 0 Å². The zero-order chi connectivity index (χ0) is 13.9. The first-order chi connectivity index (χ1) is 9.11. The Bertz CT molecular complexity index is 546. The van der Waals surface area contributed by atoms with E-state index in [1.165, 1.54) is 18.7 Å². The van der Waals surface area contributed by atoms with E-state index >= 15 is 0 Å². The maximum Gasteiger partial charge on any atom is 0.0701 e. The zero-order valence-corrected chi connectivity index (χ0v) is 17.2. The smallest absolute Gasteiger partial charge is 0.0701 e. The molecule has 0 fully saturated rings. The van der Waals surface area contributed by atoms with E-state index in [9.17, 15) is 0 Å². The van der Waals surface area contributed by atoms with Gasteiger partial charge in [-0.2, -0.15) is 0 Å². The fraction of sp³-hybridized carbons (Fsp3) is 0.286. The van der Waals surface area contributed by atoms with Crippen molar-refractivity contribution in [2.75, 3.05) is 10.7 Å². The van der Waals surface area contributed by atoms with Gasteiger partial charge in [-0.25, -0.2) is 0 Å². The van der Waals surface area contributed by atoms with E-state index in [0.717, 1.165) is 17.1 Å². The topological polar surface area (TPSA) is 0 Å². The van der Waals surface area contributed by atoms with Gasteiger partial charge in [-0.15, -0.1) is 11.3 Å². The van der Waals surface area contributed by atoms with Gasteiger partial charge in [-0.3, -0.25) is 0 Å². The molecule has 0 nitrogen and oxygen atoms in total. The summed E-state index contributed by atoms with van der Waals surface area (Å²) in [6.45, 7) is 0. The highest BCUT2D eigenvalue weighted by atomic mass is 79.9. The Labute approximate surface area is 151 Å². The van der Waals surface area contributed by atoms with Crippen molar-refractivity contribution in [2.24, 2.45) is 0 Å². The molecule has 5 heteroatoms. The van der Waals surface area contributed by atoms with Gasteiger partial charge in [0.25, 0.3) is 0 Å². The average molecular weight is 532 g/mol. The largest absolute Gasteiger partial charge is 0.133 e. The zero-order valence-electron chi connectivity index (χ0n) is 10.0. The summed E-state index contributed by atoms with van der Waals surface area (Å²) >= 11 is 16.5. The van der Waals surface area contributed by atoms with Crippen LogP contribution in [0.25, 0.3) is 0 Å². The van der Waals surface area contributed by atoms with E-state index in [2.05, 4.69) is 100 Å². The van der Waals surface area contributed by atoms with Crippen LogP contribution in [0.1, 0.15) is 10.4 Å². The molecule has 0 amide bonds. The Morgan fingerprint density at radius 1 is 0.947 bits per heavy atom. The molecule has 2 aromatic rings. The highest BCUT2D eigenvalue weighted by Crippen LogP contribution is 2.38. The van der Waals surface area contributed by atoms with Gasteiger partial charge >= 0.3 is 0 Å². The number of hydrogen-bond donors (Lipinski definition) is 0. The summed E-state index contributed by atoms with van der Waals surface area (Å²) in [7, 11) is 0. The lowest BCUT2D eigenvalue weighted by Crippen LogP contribution is -2.33. The monoisotopic (exact) mass is 528 g/mol. The molecule has 0 N–H and O–H groups in total. The third kappa shape index (κ3) is 3.73. The highest BCUT2D eigenvalue weighted by molar-refractivity contribution is 9.11. The minimum atomic E-state index is 0.0599. The first-order valence-corrected chi connectivity index (χ1v) is 10.4. The molecule has 0 bridgehead atoms. The van der Waals surface area contributed by atoms with Crippen LogP contribution in [0.5, 0.6) is 0 Å². The summed E-state index contributed by atoms with van der Waals surface area (Å²) < 4.78 is 2.36. The van der Waals surface area contributed by atoms with E-state index in [-0.39, 0.29) is 5.41 Å². The number of hydrogen-bond acceptors (Lipinski definition) is 1. The first-order valence-electron chi connectivity index (χ1n) is 5.72. The van der Waals surface area contributed by atoms with Gasteiger partial charge < -0.3 is 0 Å². The summed E-state index contributed by atoms with van der Waals surface area (Å²) in [5, 5.41) is 1.84. The Kier molecular flexibility index (Phi) is 6.15. The van der Waals surface area contributed by atoms with Crippen LogP contribution in [0.3, 0.4) is 0 Å². The van der Waals surface area contributed by atoms with Gasteiger partial charge in [-0.05, 0) is 46.1 Å². The minimum absolute atomic E-state index is 0.0599. The lowest BCUT2D eigenvalue weighted by molar-refractivity contribution is 0.553.